The van der Waals surface area contributed by atoms with Crippen LogP contribution in [0, 0.1) is 0 Å². The minimum absolute atomic E-state index is 0. The van der Waals surface area contributed by atoms with Crippen molar-refractivity contribution in [3.05, 3.63) is 29.3 Å². The van der Waals surface area contributed by atoms with Gasteiger partial charge in [-0.15, -0.1) is 24.8 Å². The summed E-state index contributed by atoms with van der Waals surface area (Å²) in [6, 6.07) is 7.94. The van der Waals surface area contributed by atoms with E-state index in [1.165, 1.54) is 0 Å². The largest absolute Gasteiger partial charge is 0.369 e. The van der Waals surface area contributed by atoms with Crippen molar-refractivity contribution in [3.8, 4) is 0 Å². The van der Waals surface area contributed by atoms with E-state index in [1.54, 1.807) is 0 Å². The molecule has 3 N–H and O–H groups in total. The number of anilines is 1. The minimum atomic E-state index is -0.0945. The summed E-state index contributed by atoms with van der Waals surface area (Å²) in [5.74, 6) is -0.0945. The average molecular weight is 327 g/mol. The fourth-order valence-corrected chi connectivity index (χ4v) is 2.26. The topological polar surface area (TPSA) is 58.4 Å². The third-order valence-electron chi connectivity index (χ3n) is 2.91. The Balaban J connectivity index is 0.00000162. The molecule has 2 rings (SSSR count). The van der Waals surface area contributed by atoms with Crippen molar-refractivity contribution in [2.45, 2.75) is 12.5 Å². The van der Waals surface area contributed by atoms with E-state index in [0.717, 1.165) is 30.2 Å². The molecule has 1 heterocycles. The number of hydrogen-bond donors (Lipinski definition) is 2. The zero-order chi connectivity index (χ0) is 12.3. The van der Waals surface area contributed by atoms with Gasteiger partial charge in [0.15, 0.2) is 0 Å². The summed E-state index contributed by atoms with van der Waals surface area (Å²) in [7, 11) is 0. The van der Waals surface area contributed by atoms with Crippen LogP contribution >= 0.6 is 36.4 Å². The van der Waals surface area contributed by atoms with Gasteiger partial charge in [-0.05, 0) is 24.6 Å². The summed E-state index contributed by atoms with van der Waals surface area (Å²) >= 11 is 5.95. The maximum atomic E-state index is 11.2. The third-order valence-corrected chi connectivity index (χ3v) is 3.15. The Morgan fingerprint density at radius 2 is 2.21 bits per heavy atom. The summed E-state index contributed by atoms with van der Waals surface area (Å²) in [4.78, 5) is 13.4. The van der Waals surface area contributed by atoms with Crippen LogP contribution in [0.1, 0.15) is 6.42 Å². The Kier molecular flexibility index (Phi) is 8.18. The predicted molar refractivity (Wildman–Crippen MR) is 83.8 cm³/mol. The normalized spacial score (nSPS) is 17.4. The van der Waals surface area contributed by atoms with Crippen LogP contribution in [-0.2, 0) is 4.79 Å². The van der Waals surface area contributed by atoms with Gasteiger partial charge in [-0.25, -0.2) is 0 Å². The summed E-state index contributed by atoms with van der Waals surface area (Å²) in [5, 5.41) is 3.64. The van der Waals surface area contributed by atoms with E-state index in [-0.39, 0.29) is 43.3 Å². The molecule has 1 unspecified atom stereocenters. The molecule has 108 valence electrons. The molecule has 0 spiro atoms. The summed E-state index contributed by atoms with van der Waals surface area (Å²) in [6.45, 7) is 1.79. The zero-order valence-electron chi connectivity index (χ0n) is 10.3. The summed E-state index contributed by atoms with van der Waals surface area (Å²) in [6.07, 6.45) is 0.943. The molecule has 7 heteroatoms. The number of hydrogen-bond acceptors (Lipinski definition) is 3. The number of nitrogens with zero attached hydrogens (tertiary/aromatic N) is 1. The second kappa shape index (κ2) is 8.48. The molecule has 1 amide bonds. The number of carbonyl (C=O) groups is 1. The van der Waals surface area contributed by atoms with Crippen molar-refractivity contribution in [2.75, 3.05) is 24.5 Å². The van der Waals surface area contributed by atoms with Crippen LogP contribution in [0.15, 0.2) is 24.3 Å². The molecule has 1 aromatic carbocycles. The van der Waals surface area contributed by atoms with Crippen LogP contribution in [0.2, 0.25) is 5.02 Å². The van der Waals surface area contributed by atoms with Crippen molar-refractivity contribution in [2.24, 2.45) is 5.73 Å². The van der Waals surface area contributed by atoms with Crippen LogP contribution < -0.4 is 16.0 Å². The first-order chi connectivity index (χ1) is 8.19. The quantitative estimate of drug-likeness (QED) is 0.891. The molecule has 1 saturated heterocycles. The Hall–Kier alpha value is -0.680. The number of nitrogens with one attached hydrogen (secondary N) is 1. The lowest BCUT2D eigenvalue weighted by molar-refractivity contribution is -0.120. The highest BCUT2D eigenvalue weighted by molar-refractivity contribution is 6.30. The van der Waals surface area contributed by atoms with Gasteiger partial charge >= 0.3 is 0 Å². The first-order valence-electron chi connectivity index (χ1n) is 5.69. The maximum absolute atomic E-state index is 11.2. The Labute approximate surface area is 130 Å². The zero-order valence-corrected chi connectivity index (χ0v) is 12.7. The molecule has 1 atom stereocenters. The molecule has 0 saturated carbocycles. The van der Waals surface area contributed by atoms with Gasteiger partial charge in [0.05, 0.1) is 6.54 Å². The Bertz CT molecular complexity index is 417. The number of amides is 1. The van der Waals surface area contributed by atoms with Crippen molar-refractivity contribution in [1.82, 2.24) is 5.32 Å². The molecule has 0 aliphatic carbocycles. The highest BCUT2D eigenvalue weighted by atomic mass is 35.5. The molecular weight excluding hydrogens is 309 g/mol. The van der Waals surface area contributed by atoms with Crippen molar-refractivity contribution in [3.63, 3.8) is 0 Å². The number of carbonyl (C=O) groups excluding carboxylic acids is 1. The number of benzene rings is 1. The number of rotatable bonds is 3. The minimum Gasteiger partial charge on any atom is -0.369 e. The molecule has 0 bridgehead atoms. The molecule has 1 aliphatic rings. The Morgan fingerprint density at radius 1 is 1.47 bits per heavy atom. The molecule has 0 aromatic heterocycles. The molecule has 19 heavy (non-hydrogen) atoms. The molecular formula is C12H18Cl3N3O. The molecule has 4 nitrogen and oxygen atoms in total. The predicted octanol–water partition coefficient (Wildman–Crippen LogP) is 1.84. The molecule has 1 aliphatic heterocycles. The maximum Gasteiger partial charge on any atom is 0.234 e. The fourth-order valence-electron chi connectivity index (χ4n) is 2.07. The van der Waals surface area contributed by atoms with Gasteiger partial charge in [0.25, 0.3) is 0 Å². The van der Waals surface area contributed by atoms with Crippen LogP contribution in [0.3, 0.4) is 0 Å². The van der Waals surface area contributed by atoms with Gasteiger partial charge in [0, 0.05) is 29.8 Å². The standard InChI is InChI=1S/C12H16ClN3O.2ClH/c13-9-2-1-3-11(6-9)16-5-4-10(8-16)15-12(17)7-14;;/h1-3,6,10H,4-5,7-8,14H2,(H,15,17);2*1H. The lowest BCUT2D eigenvalue weighted by Gasteiger charge is -2.19. The number of halogens is 3. The van der Waals surface area contributed by atoms with E-state index >= 15 is 0 Å². The SMILES string of the molecule is Cl.Cl.NCC(=O)NC1CCN(c2cccc(Cl)c2)C1. The van der Waals surface area contributed by atoms with E-state index in [0.29, 0.717) is 0 Å². The van der Waals surface area contributed by atoms with E-state index in [9.17, 15) is 4.79 Å². The van der Waals surface area contributed by atoms with Gasteiger partial charge < -0.3 is 16.0 Å². The van der Waals surface area contributed by atoms with Crippen LogP contribution in [0.4, 0.5) is 5.69 Å². The van der Waals surface area contributed by atoms with E-state index in [4.69, 9.17) is 17.3 Å². The molecule has 1 fully saturated rings. The molecule has 1 aromatic rings. The van der Waals surface area contributed by atoms with Crippen LogP contribution in [0.25, 0.3) is 0 Å². The summed E-state index contributed by atoms with van der Waals surface area (Å²) < 4.78 is 0. The lowest BCUT2D eigenvalue weighted by atomic mass is 10.2. The van der Waals surface area contributed by atoms with Crippen LogP contribution in [0.5, 0.6) is 0 Å². The second-order valence-electron chi connectivity index (χ2n) is 4.18. The smallest absolute Gasteiger partial charge is 0.234 e. The molecule has 0 radical (unpaired) electrons. The van der Waals surface area contributed by atoms with Gasteiger partial charge in [0.1, 0.15) is 0 Å². The van der Waals surface area contributed by atoms with Gasteiger partial charge in [-0.2, -0.15) is 0 Å². The lowest BCUT2D eigenvalue weighted by Crippen LogP contribution is -2.40. The second-order valence-corrected chi connectivity index (χ2v) is 4.62. The third kappa shape index (κ3) is 5.07. The van der Waals surface area contributed by atoms with Gasteiger partial charge in [-0.1, -0.05) is 17.7 Å². The van der Waals surface area contributed by atoms with E-state index in [2.05, 4.69) is 10.2 Å². The highest BCUT2D eigenvalue weighted by Gasteiger charge is 2.23. The van der Waals surface area contributed by atoms with Gasteiger partial charge in [0.2, 0.25) is 5.91 Å². The van der Waals surface area contributed by atoms with Crippen molar-refractivity contribution in [1.29, 1.82) is 0 Å². The summed E-state index contributed by atoms with van der Waals surface area (Å²) in [5.41, 5.74) is 6.37. The first-order valence-corrected chi connectivity index (χ1v) is 6.07. The van der Waals surface area contributed by atoms with Crippen LogP contribution in [-0.4, -0.2) is 31.6 Å². The highest BCUT2D eigenvalue weighted by Crippen LogP contribution is 2.23. The monoisotopic (exact) mass is 325 g/mol. The van der Waals surface area contributed by atoms with E-state index < -0.39 is 0 Å². The van der Waals surface area contributed by atoms with Gasteiger partial charge in [-0.3, -0.25) is 4.79 Å². The average Bonchev–Trinajstić information content (AvgIpc) is 2.77. The Morgan fingerprint density at radius 3 is 2.84 bits per heavy atom. The van der Waals surface area contributed by atoms with Crippen molar-refractivity contribution < 1.29 is 4.79 Å². The van der Waals surface area contributed by atoms with E-state index in [1.807, 2.05) is 24.3 Å². The van der Waals surface area contributed by atoms with Crippen molar-refractivity contribution >= 4 is 48.0 Å². The first kappa shape index (κ1) is 18.3. The number of nitrogens with two attached hydrogens (primary N) is 1. The fraction of sp³-hybridized carbons (Fsp3) is 0.417.